The third-order valence-corrected chi connectivity index (χ3v) is 4.88. The highest BCUT2D eigenvalue weighted by Crippen LogP contribution is 2.16. The smallest absolute Gasteiger partial charge is 0.434 e. The minimum absolute atomic E-state index is 0.162. The summed E-state index contributed by atoms with van der Waals surface area (Å²) in [6.07, 6.45) is -0.794. The van der Waals surface area contributed by atoms with Gasteiger partial charge in [-0.05, 0) is 73.2 Å². The van der Waals surface area contributed by atoms with Crippen LogP contribution in [0.1, 0.15) is 33.2 Å². The lowest BCUT2D eigenvalue weighted by Gasteiger charge is -2.09. The van der Waals surface area contributed by atoms with Crippen molar-refractivity contribution in [2.45, 2.75) is 13.5 Å². The van der Waals surface area contributed by atoms with Gasteiger partial charge in [-0.2, -0.15) is 0 Å². The number of ether oxygens (including phenoxy) is 2. The van der Waals surface area contributed by atoms with Crippen LogP contribution in [0.2, 0.25) is 0 Å². The average molecular weight is 497 g/mol. The van der Waals surface area contributed by atoms with Crippen molar-refractivity contribution in [1.82, 2.24) is 5.32 Å². The molecule has 3 rings (SSSR count). The number of anilines is 1. The predicted molar refractivity (Wildman–Crippen MR) is 124 cm³/mol. The van der Waals surface area contributed by atoms with Crippen LogP contribution in [0.25, 0.3) is 0 Å². The van der Waals surface area contributed by atoms with E-state index in [-0.39, 0.29) is 24.2 Å². The number of carbonyl (C=O) groups excluding carboxylic acids is 3. The Labute approximate surface area is 193 Å². The molecule has 3 aromatic carbocycles. The molecule has 7 nitrogen and oxygen atoms in total. The number of rotatable bonds is 7. The summed E-state index contributed by atoms with van der Waals surface area (Å²) in [5.74, 6) is -0.177. The van der Waals surface area contributed by atoms with Crippen LogP contribution in [0.5, 0.6) is 5.75 Å². The normalized spacial score (nSPS) is 10.2. The first-order valence-corrected chi connectivity index (χ1v) is 10.6. The van der Waals surface area contributed by atoms with Crippen LogP contribution >= 0.6 is 15.9 Å². The summed E-state index contributed by atoms with van der Waals surface area (Å²) in [4.78, 5) is 35.9. The second-order valence-electron chi connectivity index (χ2n) is 6.65. The van der Waals surface area contributed by atoms with Crippen LogP contribution in [0.15, 0.2) is 77.3 Å². The Kier molecular flexibility index (Phi) is 7.99. The summed E-state index contributed by atoms with van der Waals surface area (Å²) >= 11 is 3.34. The van der Waals surface area contributed by atoms with Crippen molar-refractivity contribution >= 4 is 39.6 Å². The zero-order valence-electron chi connectivity index (χ0n) is 17.3. The molecule has 8 heteroatoms. The van der Waals surface area contributed by atoms with Gasteiger partial charge in [-0.3, -0.25) is 9.59 Å². The van der Waals surface area contributed by atoms with Crippen molar-refractivity contribution in [2.24, 2.45) is 0 Å². The lowest BCUT2D eigenvalue weighted by molar-refractivity contribution is 0.0949. The highest BCUT2D eigenvalue weighted by molar-refractivity contribution is 9.10. The van der Waals surface area contributed by atoms with Gasteiger partial charge in [0.1, 0.15) is 5.75 Å². The van der Waals surface area contributed by atoms with Gasteiger partial charge in [0.2, 0.25) is 0 Å². The van der Waals surface area contributed by atoms with Crippen molar-refractivity contribution in [3.63, 3.8) is 0 Å². The number of carbonyl (C=O) groups is 3. The summed E-state index contributed by atoms with van der Waals surface area (Å²) in [5, 5.41) is 5.66. The van der Waals surface area contributed by atoms with Gasteiger partial charge in [0, 0.05) is 27.8 Å². The molecule has 0 radical (unpaired) electrons. The first-order valence-electron chi connectivity index (χ1n) is 9.83. The number of hydrogen-bond donors (Lipinski definition) is 2. The Hall–Kier alpha value is -3.65. The van der Waals surface area contributed by atoms with Gasteiger partial charge < -0.3 is 20.1 Å². The van der Waals surface area contributed by atoms with E-state index in [1.165, 1.54) is 12.1 Å². The van der Waals surface area contributed by atoms with Crippen LogP contribution in [0, 0.1) is 0 Å². The Morgan fingerprint density at radius 1 is 0.812 bits per heavy atom. The highest BCUT2D eigenvalue weighted by atomic mass is 79.9. The van der Waals surface area contributed by atoms with Gasteiger partial charge in [-0.1, -0.05) is 28.1 Å². The van der Waals surface area contributed by atoms with E-state index in [1.807, 2.05) is 24.3 Å². The molecule has 2 N–H and O–H groups in total. The maximum atomic E-state index is 12.4. The van der Waals surface area contributed by atoms with Crippen LogP contribution in [0.3, 0.4) is 0 Å². The van der Waals surface area contributed by atoms with Crippen LogP contribution in [-0.4, -0.2) is 24.6 Å². The molecule has 0 bridgehead atoms. The summed E-state index contributed by atoms with van der Waals surface area (Å²) in [6.45, 7) is 2.27. The fourth-order valence-electron chi connectivity index (χ4n) is 2.71. The molecule has 32 heavy (non-hydrogen) atoms. The first-order chi connectivity index (χ1) is 15.4. The topological polar surface area (TPSA) is 93.7 Å². The van der Waals surface area contributed by atoms with E-state index in [4.69, 9.17) is 9.47 Å². The molecule has 0 unspecified atom stereocenters. The number of nitrogens with one attached hydrogen (secondary N) is 2. The van der Waals surface area contributed by atoms with E-state index in [2.05, 4.69) is 26.6 Å². The number of benzene rings is 3. The quantitative estimate of drug-likeness (QED) is 0.347. The van der Waals surface area contributed by atoms with E-state index >= 15 is 0 Å². The van der Waals surface area contributed by atoms with E-state index in [0.29, 0.717) is 23.4 Å². The molecule has 0 saturated carbocycles. The van der Waals surface area contributed by atoms with Crippen LogP contribution in [0.4, 0.5) is 10.5 Å². The molecule has 0 heterocycles. The largest absolute Gasteiger partial charge is 0.513 e. The van der Waals surface area contributed by atoms with Crippen molar-refractivity contribution in [3.8, 4) is 5.75 Å². The third-order valence-electron chi connectivity index (χ3n) is 4.35. The monoisotopic (exact) mass is 496 g/mol. The maximum absolute atomic E-state index is 12.4. The van der Waals surface area contributed by atoms with E-state index in [1.54, 1.807) is 43.3 Å². The molecule has 3 aromatic rings. The fraction of sp³-hybridized carbons (Fsp3) is 0.125. The maximum Gasteiger partial charge on any atom is 0.513 e. The second-order valence-corrected chi connectivity index (χ2v) is 7.57. The first kappa shape index (κ1) is 23.0. The standard InChI is InChI=1S/C24H21BrN2O5/c1-2-31-24(30)32-21-13-7-18(8-14-21)23(29)27-20-11-3-16(4-12-20)15-26-22(28)17-5-9-19(25)10-6-17/h3-14H,2,15H2,1H3,(H,26,28)(H,27,29). The van der Waals surface area contributed by atoms with E-state index in [0.717, 1.165) is 10.0 Å². The molecule has 0 saturated heterocycles. The van der Waals surface area contributed by atoms with Gasteiger partial charge in [0.05, 0.1) is 6.61 Å². The average Bonchev–Trinajstić information content (AvgIpc) is 2.79. The molecular weight excluding hydrogens is 476 g/mol. The van der Waals surface area contributed by atoms with E-state index in [9.17, 15) is 14.4 Å². The number of halogens is 1. The zero-order valence-corrected chi connectivity index (χ0v) is 18.8. The molecule has 0 fully saturated rings. The lowest BCUT2D eigenvalue weighted by atomic mass is 10.1. The Morgan fingerprint density at radius 3 is 2.03 bits per heavy atom. The molecule has 164 valence electrons. The molecule has 0 aliphatic rings. The molecule has 0 aromatic heterocycles. The summed E-state index contributed by atoms with van der Waals surface area (Å²) in [6, 6.07) is 20.4. The van der Waals surface area contributed by atoms with Crippen LogP contribution in [-0.2, 0) is 11.3 Å². The predicted octanol–water partition coefficient (Wildman–Crippen LogP) is 5.17. The van der Waals surface area contributed by atoms with Gasteiger partial charge >= 0.3 is 6.16 Å². The van der Waals surface area contributed by atoms with Crippen molar-refractivity contribution in [3.05, 3.63) is 94.0 Å². The minimum atomic E-state index is -0.794. The summed E-state index contributed by atoms with van der Waals surface area (Å²) in [5.41, 5.74) is 2.50. The van der Waals surface area contributed by atoms with Gasteiger partial charge in [-0.25, -0.2) is 4.79 Å². The Balaban J connectivity index is 1.51. The molecule has 0 spiro atoms. The lowest BCUT2D eigenvalue weighted by Crippen LogP contribution is -2.22. The third kappa shape index (κ3) is 6.68. The second kappa shape index (κ2) is 11.1. The minimum Gasteiger partial charge on any atom is -0.434 e. The fourth-order valence-corrected chi connectivity index (χ4v) is 2.98. The SMILES string of the molecule is CCOC(=O)Oc1ccc(C(=O)Nc2ccc(CNC(=O)c3ccc(Br)cc3)cc2)cc1. The molecule has 2 amide bonds. The van der Waals surface area contributed by atoms with Gasteiger partial charge in [0.15, 0.2) is 0 Å². The Bertz CT molecular complexity index is 1080. The van der Waals surface area contributed by atoms with Crippen molar-refractivity contribution < 1.29 is 23.9 Å². The molecular formula is C24H21BrN2O5. The zero-order chi connectivity index (χ0) is 22.9. The number of hydrogen-bond acceptors (Lipinski definition) is 5. The van der Waals surface area contributed by atoms with Crippen LogP contribution < -0.4 is 15.4 Å². The summed E-state index contributed by atoms with van der Waals surface area (Å²) < 4.78 is 10.6. The Morgan fingerprint density at radius 2 is 1.41 bits per heavy atom. The van der Waals surface area contributed by atoms with E-state index < -0.39 is 6.16 Å². The van der Waals surface area contributed by atoms with Gasteiger partial charge in [-0.15, -0.1) is 0 Å². The number of amides is 2. The van der Waals surface area contributed by atoms with Crippen molar-refractivity contribution in [1.29, 1.82) is 0 Å². The molecule has 0 aliphatic carbocycles. The summed E-state index contributed by atoms with van der Waals surface area (Å²) in [7, 11) is 0. The van der Waals surface area contributed by atoms with Gasteiger partial charge in [0.25, 0.3) is 11.8 Å². The van der Waals surface area contributed by atoms with Crippen molar-refractivity contribution in [2.75, 3.05) is 11.9 Å². The highest BCUT2D eigenvalue weighted by Gasteiger charge is 2.09. The molecule has 0 atom stereocenters. The molecule has 0 aliphatic heterocycles.